The molecule has 2 heterocycles. The minimum atomic E-state index is -3.39. The second kappa shape index (κ2) is 5.22. The molecule has 0 aromatic heterocycles. The first-order chi connectivity index (χ1) is 8.83. The molecule has 2 aliphatic heterocycles. The van der Waals surface area contributed by atoms with Crippen molar-refractivity contribution in [1.29, 1.82) is 0 Å². The number of hydrogen-bond donors (Lipinski definition) is 0. The number of hydrogen-bond acceptors (Lipinski definition) is 8. The van der Waals surface area contributed by atoms with Crippen molar-refractivity contribution in [3.05, 3.63) is 0 Å². The van der Waals surface area contributed by atoms with Gasteiger partial charge in [0.05, 0.1) is 26.1 Å². The molecule has 19 heavy (non-hydrogen) atoms. The van der Waals surface area contributed by atoms with E-state index in [0.29, 0.717) is 26.1 Å². The van der Waals surface area contributed by atoms with Crippen molar-refractivity contribution in [2.75, 3.05) is 26.1 Å². The second-order valence-electron chi connectivity index (χ2n) is 4.99. The molecule has 0 fully saturated rings. The third kappa shape index (κ3) is 5.29. The summed E-state index contributed by atoms with van der Waals surface area (Å²) in [5.41, 5.74) is -0.724. The molecule has 0 spiro atoms. The van der Waals surface area contributed by atoms with E-state index in [2.05, 4.69) is 24.6 Å². The van der Waals surface area contributed by atoms with Gasteiger partial charge in [-0.1, -0.05) is 0 Å². The Balaban J connectivity index is 1.52. The van der Waals surface area contributed by atoms with Crippen molar-refractivity contribution in [2.24, 2.45) is 20.5 Å². The van der Waals surface area contributed by atoms with Gasteiger partial charge in [0.15, 0.2) is 11.3 Å². The maximum atomic E-state index is 10.8. The predicted molar refractivity (Wildman–Crippen MR) is 66.3 cm³/mol. The molecule has 0 saturated carbocycles. The molecule has 0 atom stereocenters. The molecule has 108 valence electrons. The van der Waals surface area contributed by atoms with Gasteiger partial charge in [0, 0.05) is 19.3 Å². The Morgan fingerprint density at radius 1 is 0.947 bits per heavy atom. The monoisotopic (exact) mass is 290 g/mol. The fourth-order valence-electron chi connectivity index (χ4n) is 1.54. The highest BCUT2D eigenvalue weighted by atomic mass is 32.2. The summed E-state index contributed by atoms with van der Waals surface area (Å²) in [6.45, 7) is 3.18. The van der Waals surface area contributed by atoms with Gasteiger partial charge in [0.2, 0.25) is 0 Å². The Bertz CT molecular complexity index is 476. The highest BCUT2D eigenvalue weighted by Gasteiger charge is 2.39. The topological polar surface area (TPSA) is 102 Å². The lowest BCUT2D eigenvalue weighted by Gasteiger charge is -2.11. The Labute approximate surface area is 112 Å². The van der Waals surface area contributed by atoms with E-state index in [1.165, 1.54) is 0 Å². The lowest BCUT2D eigenvalue weighted by Crippen LogP contribution is -2.19. The molecule has 8 nitrogen and oxygen atoms in total. The van der Waals surface area contributed by atoms with Crippen LogP contribution in [0.4, 0.5) is 0 Å². The van der Waals surface area contributed by atoms with Crippen LogP contribution >= 0.6 is 0 Å². The molecule has 0 aromatic carbocycles. The highest BCUT2D eigenvalue weighted by molar-refractivity contribution is 7.85. The van der Waals surface area contributed by atoms with Gasteiger partial charge in [0.25, 0.3) is 10.1 Å². The average molecular weight is 290 g/mol. The van der Waals surface area contributed by atoms with Crippen LogP contribution in [0.15, 0.2) is 20.5 Å². The molecule has 0 radical (unpaired) electrons. The standard InChI is InChI=1S/C10H18N4O4S/c1-9(11-12-9)3-6-17-7-4-10(13-14-10)5-8-18-19(2,15)16/h3-8H2,1-2H3. The van der Waals surface area contributed by atoms with Crippen molar-refractivity contribution < 1.29 is 17.3 Å². The molecule has 0 amide bonds. The van der Waals surface area contributed by atoms with Gasteiger partial charge >= 0.3 is 0 Å². The number of ether oxygens (including phenoxy) is 1. The van der Waals surface area contributed by atoms with E-state index in [-0.39, 0.29) is 12.3 Å². The zero-order chi connectivity index (χ0) is 14.0. The van der Waals surface area contributed by atoms with Gasteiger partial charge in [0.1, 0.15) is 0 Å². The smallest absolute Gasteiger partial charge is 0.264 e. The van der Waals surface area contributed by atoms with Crippen LogP contribution in [-0.2, 0) is 19.0 Å². The van der Waals surface area contributed by atoms with Crippen molar-refractivity contribution in [3.63, 3.8) is 0 Å². The number of rotatable bonds is 10. The van der Waals surface area contributed by atoms with E-state index in [4.69, 9.17) is 4.74 Å². The highest BCUT2D eigenvalue weighted by Crippen LogP contribution is 2.35. The minimum Gasteiger partial charge on any atom is -0.381 e. The van der Waals surface area contributed by atoms with Crippen LogP contribution in [0.3, 0.4) is 0 Å². The first kappa shape index (κ1) is 14.5. The molecule has 0 bridgehead atoms. The van der Waals surface area contributed by atoms with E-state index >= 15 is 0 Å². The molecule has 9 heteroatoms. The van der Waals surface area contributed by atoms with Gasteiger partial charge in [-0.2, -0.15) is 28.9 Å². The van der Waals surface area contributed by atoms with Crippen LogP contribution in [0.5, 0.6) is 0 Å². The van der Waals surface area contributed by atoms with Crippen molar-refractivity contribution in [3.8, 4) is 0 Å². The molecule has 0 unspecified atom stereocenters. The van der Waals surface area contributed by atoms with Gasteiger partial charge in [-0.3, -0.25) is 4.18 Å². The molecular weight excluding hydrogens is 272 g/mol. The normalized spacial score (nSPS) is 21.6. The van der Waals surface area contributed by atoms with Gasteiger partial charge in [-0.25, -0.2) is 0 Å². The fraction of sp³-hybridized carbons (Fsp3) is 1.00. The zero-order valence-corrected chi connectivity index (χ0v) is 11.9. The van der Waals surface area contributed by atoms with Crippen LogP contribution in [0.25, 0.3) is 0 Å². The Morgan fingerprint density at radius 3 is 2.05 bits per heavy atom. The van der Waals surface area contributed by atoms with Crippen LogP contribution in [0.1, 0.15) is 26.2 Å². The van der Waals surface area contributed by atoms with E-state index < -0.39 is 15.8 Å². The van der Waals surface area contributed by atoms with Gasteiger partial charge in [-0.15, -0.1) is 0 Å². The van der Waals surface area contributed by atoms with Crippen LogP contribution in [0, 0.1) is 0 Å². The third-order valence-electron chi connectivity index (χ3n) is 2.99. The average Bonchev–Trinajstić information content (AvgIpc) is 3.18. The summed E-state index contributed by atoms with van der Waals surface area (Å²) in [4.78, 5) is 0. The molecule has 0 aromatic rings. The van der Waals surface area contributed by atoms with Crippen LogP contribution in [0.2, 0.25) is 0 Å². The lowest BCUT2D eigenvalue weighted by molar-refractivity contribution is 0.112. The van der Waals surface area contributed by atoms with E-state index in [1.807, 2.05) is 6.92 Å². The molecule has 2 aliphatic rings. The van der Waals surface area contributed by atoms with E-state index in [0.717, 1.165) is 12.7 Å². The fourth-order valence-corrected chi connectivity index (χ4v) is 1.93. The largest absolute Gasteiger partial charge is 0.381 e. The van der Waals surface area contributed by atoms with Crippen LogP contribution < -0.4 is 0 Å². The SMILES string of the molecule is CC1(CCOCCC2(CCOS(C)(=O)=O)N=N2)N=N1. The van der Waals surface area contributed by atoms with Crippen molar-refractivity contribution in [2.45, 2.75) is 37.5 Å². The summed E-state index contributed by atoms with van der Waals surface area (Å²) < 4.78 is 31.8. The maximum Gasteiger partial charge on any atom is 0.264 e. The van der Waals surface area contributed by atoms with Crippen LogP contribution in [-0.4, -0.2) is 45.8 Å². The van der Waals surface area contributed by atoms with Crippen molar-refractivity contribution >= 4 is 10.1 Å². The summed E-state index contributed by atoms with van der Waals surface area (Å²) in [5.74, 6) is 0. The predicted octanol–water partition coefficient (Wildman–Crippen LogP) is 1.49. The summed E-state index contributed by atoms with van der Waals surface area (Å²) in [6.07, 6.45) is 2.92. The summed E-state index contributed by atoms with van der Waals surface area (Å²) >= 11 is 0. The summed E-state index contributed by atoms with van der Waals surface area (Å²) in [5, 5.41) is 15.7. The molecule has 0 aliphatic carbocycles. The Kier molecular flexibility index (Phi) is 3.98. The van der Waals surface area contributed by atoms with E-state index in [9.17, 15) is 8.42 Å². The van der Waals surface area contributed by atoms with Crippen molar-refractivity contribution in [1.82, 2.24) is 0 Å². The Hall–Kier alpha value is -0.930. The van der Waals surface area contributed by atoms with Gasteiger partial charge < -0.3 is 4.74 Å². The first-order valence-electron chi connectivity index (χ1n) is 6.13. The summed E-state index contributed by atoms with van der Waals surface area (Å²) in [7, 11) is -3.39. The molecule has 2 rings (SSSR count). The number of nitrogens with zero attached hydrogens (tertiary/aromatic N) is 4. The summed E-state index contributed by atoms with van der Waals surface area (Å²) in [6, 6.07) is 0. The molecule has 0 saturated heterocycles. The zero-order valence-electron chi connectivity index (χ0n) is 11.1. The second-order valence-corrected chi connectivity index (χ2v) is 6.63. The Morgan fingerprint density at radius 2 is 1.53 bits per heavy atom. The third-order valence-corrected chi connectivity index (χ3v) is 3.59. The quantitative estimate of drug-likeness (QED) is 0.449. The molecule has 0 N–H and O–H groups in total. The first-order valence-corrected chi connectivity index (χ1v) is 7.95. The van der Waals surface area contributed by atoms with Gasteiger partial charge in [-0.05, 0) is 6.92 Å². The lowest BCUT2D eigenvalue weighted by atomic mass is 10.1. The molecular formula is C10H18N4O4S. The van der Waals surface area contributed by atoms with E-state index in [1.54, 1.807) is 0 Å². The maximum absolute atomic E-state index is 10.8. The minimum absolute atomic E-state index is 0.0989.